The zero-order chi connectivity index (χ0) is 23.1. The highest BCUT2D eigenvalue weighted by atomic mass is 19.4. The number of para-hydroxylation sites is 1. The zero-order valence-corrected chi connectivity index (χ0v) is 17.3. The topological polar surface area (TPSA) is 64.7 Å². The van der Waals surface area contributed by atoms with E-state index in [4.69, 9.17) is 0 Å². The average molecular weight is 452 g/mol. The molecule has 32 heavy (non-hydrogen) atoms. The van der Waals surface area contributed by atoms with Gasteiger partial charge in [-0.05, 0) is 43.3 Å². The maximum atomic E-state index is 13.9. The summed E-state index contributed by atoms with van der Waals surface area (Å²) in [5.41, 5.74) is -0.426. The van der Waals surface area contributed by atoms with E-state index < -0.39 is 23.6 Å². The maximum absolute atomic E-state index is 13.9. The van der Waals surface area contributed by atoms with Crippen LogP contribution in [0.4, 0.5) is 28.9 Å². The lowest BCUT2D eigenvalue weighted by Crippen LogP contribution is -2.47. The van der Waals surface area contributed by atoms with Crippen molar-refractivity contribution in [1.29, 1.82) is 0 Å². The number of hydrogen-bond donors (Lipinski definition) is 2. The summed E-state index contributed by atoms with van der Waals surface area (Å²) in [5, 5.41) is 4.64. The first-order valence-corrected chi connectivity index (χ1v) is 10.2. The van der Waals surface area contributed by atoms with Crippen LogP contribution in [0.25, 0.3) is 0 Å². The van der Waals surface area contributed by atoms with E-state index >= 15 is 0 Å². The molecule has 0 aliphatic carbocycles. The molecule has 1 fully saturated rings. The molecule has 2 aromatic rings. The van der Waals surface area contributed by atoms with Crippen molar-refractivity contribution in [1.82, 2.24) is 10.2 Å². The molecule has 1 aliphatic rings. The fourth-order valence-corrected chi connectivity index (χ4v) is 3.47. The van der Waals surface area contributed by atoms with Gasteiger partial charge in [0.25, 0.3) is 0 Å². The van der Waals surface area contributed by atoms with Crippen LogP contribution in [0.15, 0.2) is 48.5 Å². The van der Waals surface area contributed by atoms with Gasteiger partial charge in [-0.2, -0.15) is 13.2 Å². The van der Waals surface area contributed by atoms with Crippen molar-refractivity contribution in [2.45, 2.75) is 12.6 Å². The fourth-order valence-electron chi connectivity index (χ4n) is 3.47. The molecule has 1 heterocycles. The summed E-state index contributed by atoms with van der Waals surface area (Å²) < 4.78 is 52.1. The molecule has 2 N–H and O–H groups in total. The molecular weight excluding hydrogens is 428 g/mol. The molecule has 6 nitrogen and oxygen atoms in total. The number of rotatable bonds is 6. The Balaban J connectivity index is 1.36. The van der Waals surface area contributed by atoms with E-state index in [0.717, 1.165) is 31.3 Å². The van der Waals surface area contributed by atoms with Crippen LogP contribution in [0.3, 0.4) is 0 Å². The van der Waals surface area contributed by atoms with Crippen LogP contribution < -0.4 is 15.5 Å². The van der Waals surface area contributed by atoms with Gasteiger partial charge in [-0.25, -0.2) is 4.39 Å². The number of carbonyl (C=O) groups is 2. The Morgan fingerprint density at radius 3 is 2.34 bits per heavy atom. The number of amides is 2. The lowest BCUT2D eigenvalue weighted by Gasteiger charge is -2.36. The number of alkyl halides is 3. The molecule has 0 saturated carbocycles. The van der Waals surface area contributed by atoms with Crippen LogP contribution >= 0.6 is 0 Å². The first kappa shape index (κ1) is 23.5. The van der Waals surface area contributed by atoms with Gasteiger partial charge in [0.15, 0.2) is 0 Å². The third-order valence-electron chi connectivity index (χ3n) is 5.16. The smallest absolute Gasteiger partial charge is 0.367 e. The van der Waals surface area contributed by atoms with Gasteiger partial charge in [0.05, 0.1) is 11.3 Å². The third-order valence-corrected chi connectivity index (χ3v) is 5.16. The van der Waals surface area contributed by atoms with Crippen LogP contribution in [0, 0.1) is 5.82 Å². The lowest BCUT2D eigenvalue weighted by atomic mass is 10.2. The monoisotopic (exact) mass is 452 g/mol. The van der Waals surface area contributed by atoms with E-state index in [-0.39, 0.29) is 18.0 Å². The maximum Gasteiger partial charge on any atom is 0.416 e. The molecular formula is C22H24F4N4O2. The molecule has 0 bridgehead atoms. The highest BCUT2D eigenvalue weighted by Gasteiger charge is 2.30. The molecule has 3 rings (SSSR count). The number of piperazine rings is 1. The summed E-state index contributed by atoms with van der Waals surface area (Å²) in [6.07, 6.45) is -3.94. The molecule has 0 atom stereocenters. The van der Waals surface area contributed by atoms with E-state index in [2.05, 4.69) is 15.5 Å². The predicted octanol–water partition coefficient (Wildman–Crippen LogP) is 3.11. The van der Waals surface area contributed by atoms with Crippen molar-refractivity contribution in [3.8, 4) is 0 Å². The summed E-state index contributed by atoms with van der Waals surface area (Å²) in [7, 11) is 0. The molecule has 0 radical (unpaired) electrons. The van der Waals surface area contributed by atoms with E-state index in [1.807, 2.05) is 4.90 Å². The second-order valence-electron chi connectivity index (χ2n) is 7.42. The summed E-state index contributed by atoms with van der Waals surface area (Å²) in [4.78, 5) is 28.0. The second-order valence-corrected chi connectivity index (χ2v) is 7.42. The molecule has 172 valence electrons. The van der Waals surface area contributed by atoms with E-state index in [9.17, 15) is 27.2 Å². The van der Waals surface area contributed by atoms with E-state index in [1.165, 1.54) is 12.1 Å². The van der Waals surface area contributed by atoms with E-state index in [1.54, 1.807) is 18.2 Å². The van der Waals surface area contributed by atoms with Gasteiger partial charge in [0, 0.05) is 38.4 Å². The van der Waals surface area contributed by atoms with Crippen molar-refractivity contribution in [2.24, 2.45) is 0 Å². The quantitative estimate of drug-likeness (QED) is 0.402. The average Bonchev–Trinajstić information content (AvgIpc) is 2.77. The summed E-state index contributed by atoms with van der Waals surface area (Å²) in [6.45, 7) is 3.82. The minimum Gasteiger partial charge on any atom is -0.367 e. The Kier molecular flexibility index (Phi) is 7.68. The number of halogens is 4. The van der Waals surface area contributed by atoms with Gasteiger partial charge in [-0.1, -0.05) is 18.2 Å². The number of nitrogens with one attached hydrogen (secondary N) is 2. The molecule has 2 amide bonds. The SMILES string of the molecule is O=C(NCCCN1CCN(c2ccccc2F)CC1)C(=O)Nc1cccc(C(F)(F)F)c1. The molecule has 10 heteroatoms. The van der Waals surface area contributed by atoms with Gasteiger partial charge in [-0.15, -0.1) is 0 Å². The summed E-state index contributed by atoms with van der Waals surface area (Å²) >= 11 is 0. The highest BCUT2D eigenvalue weighted by molar-refractivity contribution is 6.39. The van der Waals surface area contributed by atoms with Gasteiger partial charge in [0.1, 0.15) is 5.82 Å². The largest absolute Gasteiger partial charge is 0.416 e. The number of benzene rings is 2. The Morgan fingerprint density at radius 2 is 1.66 bits per heavy atom. The van der Waals surface area contributed by atoms with Gasteiger partial charge < -0.3 is 15.5 Å². The minimum atomic E-state index is -4.54. The highest BCUT2D eigenvalue weighted by Crippen LogP contribution is 2.30. The van der Waals surface area contributed by atoms with Gasteiger partial charge in [0.2, 0.25) is 0 Å². The van der Waals surface area contributed by atoms with Crippen LogP contribution in [0.1, 0.15) is 12.0 Å². The summed E-state index contributed by atoms with van der Waals surface area (Å²) in [5.74, 6) is -2.18. The summed E-state index contributed by atoms with van der Waals surface area (Å²) in [6, 6.07) is 10.7. The molecule has 0 unspecified atom stereocenters. The van der Waals surface area contributed by atoms with Gasteiger partial charge >= 0.3 is 18.0 Å². The molecule has 2 aromatic carbocycles. The Labute approximate surface area is 183 Å². The minimum absolute atomic E-state index is 0.104. The van der Waals surface area contributed by atoms with Crippen molar-refractivity contribution >= 4 is 23.2 Å². The van der Waals surface area contributed by atoms with Gasteiger partial charge in [-0.3, -0.25) is 14.5 Å². The van der Waals surface area contributed by atoms with Crippen LogP contribution in [0.2, 0.25) is 0 Å². The molecule has 0 spiro atoms. The Morgan fingerprint density at radius 1 is 0.938 bits per heavy atom. The van der Waals surface area contributed by atoms with Crippen LogP contribution in [-0.4, -0.2) is 56.0 Å². The second kappa shape index (κ2) is 10.4. The van der Waals surface area contributed by atoms with Crippen molar-refractivity contribution in [2.75, 3.05) is 49.5 Å². The standard InChI is InChI=1S/C22H24F4N4O2/c23-18-7-1-2-8-19(18)30-13-11-29(12-14-30)10-4-9-27-20(31)21(32)28-17-6-3-5-16(15-17)22(24,25)26/h1-3,5-8,15H,4,9-14H2,(H,27,31)(H,28,32). The fraction of sp³-hybridized carbons (Fsp3) is 0.364. The molecule has 1 saturated heterocycles. The first-order chi connectivity index (χ1) is 15.2. The van der Waals surface area contributed by atoms with Crippen LogP contribution in [-0.2, 0) is 15.8 Å². The Bertz CT molecular complexity index is 944. The number of hydrogen-bond acceptors (Lipinski definition) is 4. The molecule has 1 aliphatic heterocycles. The van der Waals surface area contributed by atoms with Crippen molar-refractivity contribution < 1.29 is 27.2 Å². The van der Waals surface area contributed by atoms with Crippen molar-refractivity contribution in [3.05, 3.63) is 59.9 Å². The third kappa shape index (κ3) is 6.43. The number of carbonyl (C=O) groups excluding carboxylic acids is 2. The zero-order valence-electron chi connectivity index (χ0n) is 17.3. The number of nitrogens with zero attached hydrogens (tertiary/aromatic N) is 2. The first-order valence-electron chi connectivity index (χ1n) is 10.2. The normalized spacial score (nSPS) is 14.8. The lowest BCUT2D eigenvalue weighted by molar-refractivity contribution is -0.137. The van der Waals surface area contributed by atoms with Crippen LogP contribution in [0.5, 0.6) is 0 Å². The van der Waals surface area contributed by atoms with E-state index in [0.29, 0.717) is 31.7 Å². The predicted molar refractivity (Wildman–Crippen MR) is 113 cm³/mol. The number of anilines is 2. The Hall–Kier alpha value is -3.14. The molecule has 0 aromatic heterocycles. The van der Waals surface area contributed by atoms with Crippen molar-refractivity contribution in [3.63, 3.8) is 0 Å².